The summed E-state index contributed by atoms with van der Waals surface area (Å²) in [6.07, 6.45) is 1.01. The Balaban J connectivity index is 2.54. The molecule has 124 valence electrons. The van der Waals surface area contributed by atoms with Crippen molar-refractivity contribution in [1.82, 2.24) is 0 Å². The third-order valence-electron chi connectivity index (χ3n) is 3.35. The van der Waals surface area contributed by atoms with Gasteiger partial charge >= 0.3 is 10.1 Å². The number of aryl methyl sites for hydroxylation is 1. The van der Waals surface area contributed by atoms with Crippen LogP contribution in [0.25, 0.3) is 0 Å². The first kappa shape index (κ1) is 18.0. The molecule has 5 nitrogen and oxygen atoms in total. The molecule has 0 saturated carbocycles. The van der Waals surface area contributed by atoms with Gasteiger partial charge in [-0.3, -0.25) is 0 Å². The molecule has 0 unspecified atom stereocenters. The Morgan fingerprint density at radius 3 is 2.26 bits per heavy atom. The van der Waals surface area contributed by atoms with E-state index in [1.807, 2.05) is 13.0 Å². The maximum Gasteiger partial charge on any atom is 0.340 e. The second-order valence-electron chi connectivity index (χ2n) is 5.10. The average molecular weight is 419 g/mol. The van der Waals surface area contributed by atoms with Crippen LogP contribution in [-0.2, 0) is 20.0 Å². The molecule has 0 aliphatic heterocycles. The van der Waals surface area contributed by atoms with E-state index in [2.05, 4.69) is 15.9 Å². The second-order valence-corrected chi connectivity index (χ2v) is 9.48. The van der Waals surface area contributed by atoms with Crippen LogP contribution in [0.15, 0.2) is 50.7 Å². The lowest BCUT2D eigenvalue weighted by molar-refractivity contribution is 0.483. The van der Waals surface area contributed by atoms with Crippen LogP contribution in [0.2, 0.25) is 0 Å². The fourth-order valence-electron chi connectivity index (χ4n) is 1.88. The first-order valence-corrected chi connectivity index (χ1v) is 10.6. The second kappa shape index (κ2) is 6.26. The van der Waals surface area contributed by atoms with Crippen molar-refractivity contribution < 1.29 is 21.0 Å². The van der Waals surface area contributed by atoms with Crippen molar-refractivity contribution in [2.45, 2.75) is 23.6 Å². The molecule has 0 amide bonds. The third-order valence-corrected chi connectivity index (χ3v) is 6.69. The van der Waals surface area contributed by atoms with Crippen molar-refractivity contribution >= 4 is 35.9 Å². The highest BCUT2D eigenvalue weighted by atomic mass is 79.9. The molecule has 0 bridgehead atoms. The van der Waals surface area contributed by atoms with Crippen LogP contribution in [0, 0.1) is 13.8 Å². The number of halogens is 1. The quantitative estimate of drug-likeness (QED) is 0.712. The predicted molar refractivity (Wildman–Crippen MR) is 91.0 cm³/mol. The van der Waals surface area contributed by atoms with Crippen molar-refractivity contribution in [1.29, 1.82) is 0 Å². The molecule has 2 rings (SSSR count). The van der Waals surface area contributed by atoms with Gasteiger partial charge in [0, 0.05) is 10.7 Å². The van der Waals surface area contributed by atoms with Gasteiger partial charge in [0.05, 0.1) is 4.90 Å². The first-order valence-electron chi connectivity index (χ1n) is 6.52. The minimum absolute atomic E-state index is 0.0937. The number of sulfone groups is 1. The molecule has 0 atom stereocenters. The van der Waals surface area contributed by atoms with Crippen molar-refractivity contribution in [2.24, 2.45) is 0 Å². The van der Waals surface area contributed by atoms with Crippen molar-refractivity contribution in [3.8, 4) is 5.75 Å². The number of hydrogen-bond acceptors (Lipinski definition) is 5. The van der Waals surface area contributed by atoms with Crippen molar-refractivity contribution in [3.63, 3.8) is 0 Å². The van der Waals surface area contributed by atoms with Gasteiger partial charge < -0.3 is 4.18 Å². The molecule has 0 aliphatic rings. The van der Waals surface area contributed by atoms with Crippen molar-refractivity contribution in [3.05, 3.63) is 52.0 Å². The van der Waals surface area contributed by atoms with Crippen LogP contribution in [0.1, 0.15) is 11.1 Å². The summed E-state index contributed by atoms with van der Waals surface area (Å²) in [5.74, 6) is 0.210. The summed E-state index contributed by atoms with van der Waals surface area (Å²) in [5, 5.41) is 0. The molecule has 0 N–H and O–H groups in total. The van der Waals surface area contributed by atoms with Gasteiger partial charge in [-0.25, -0.2) is 8.42 Å². The monoisotopic (exact) mass is 418 g/mol. The van der Waals surface area contributed by atoms with E-state index in [-0.39, 0.29) is 20.0 Å². The van der Waals surface area contributed by atoms with E-state index in [0.29, 0.717) is 5.56 Å². The first-order chi connectivity index (χ1) is 10.5. The van der Waals surface area contributed by atoms with Gasteiger partial charge in [-0.05, 0) is 65.2 Å². The molecular formula is C15H15BrO5S2. The molecule has 0 radical (unpaired) electrons. The summed E-state index contributed by atoms with van der Waals surface area (Å²) in [6.45, 7) is 3.59. The summed E-state index contributed by atoms with van der Waals surface area (Å²) in [4.78, 5) is -0.329. The average Bonchev–Trinajstić information content (AvgIpc) is 2.42. The van der Waals surface area contributed by atoms with E-state index >= 15 is 0 Å². The summed E-state index contributed by atoms with van der Waals surface area (Å²) in [7, 11) is -7.71. The summed E-state index contributed by atoms with van der Waals surface area (Å²) >= 11 is 3.13. The minimum Gasteiger partial charge on any atom is -0.379 e. The van der Waals surface area contributed by atoms with Gasteiger partial charge in [0.1, 0.15) is 10.6 Å². The van der Waals surface area contributed by atoms with Crippen LogP contribution in [0.3, 0.4) is 0 Å². The fraction of sp³-hybridized carbons (Fsp3) is 0.200. The Bertz CT molecular complexity index is 963. The highest BCUT2D eigenvalue weighted by molar-refractivity contribution is 9.10. The molecule has 2 aromatic rings. The zero-order valence-electron chi connectivity index (χ0n) is 12.7. The summed E-state index contributed by atoms with van der Waals surface area (Å²) in [5.41, 5.74) is 1.59. The molecule has 0 aliphatic carbocycles. The van der Waals surface area contributed by atoms with Crippen LogP contribution < -0.4 is 4.18 Å². The smallest absolute Gasteiger partial charge is 0.340 e. The SMILES string of the molecule is Cc1cccc(OS(=O)(=O)c2cc(S(C)(=O)=O)ccc2Br)c1C. The maximum absolute atomic E-state index is 12.5. The zero-order chi connectivity index (χ0) is 17.4. The van der Waals surface area contributed by atoms with Crippen molar-refractivity contribution in [2.75, 3.05) is 6.26 Å². The van der Waals surface area contributed by atoms with Gasteiger partial charge in [0.15, 0.2) is 9.84 Å². The summed E-state index contributed by atoms with van der Waals surface area (Å²) in [6, 6.07) is 8.87. The topological polar surface area (TPSA) is 77.5 Å². The Labute approximate surface area is 144 Å². The summed E-state index contributed by atoms with van der Waals surface area (Å²) < 4.78 is 53.7. The van der Waals surface area contributed by atoms with Gasteiger partial charge in [-0.15, -0.1) is 0 Å². The molecule has 0 fully saturated rings. The van der Waals surface area contributed by atoms with E-state index in [1.165, 1.54) is 12.1 Å². The molecule has 2 aromatic carbocycles. The van der Waals surface area contributed by atoms with E-state index < -0.39 is 20.0 Å². The van der Waals surface area contributed by atoms with E-state index in [1.54, 1.807) is 19.1 Å². The number of benzene rings is 2. The minimum atomic E-state index is -4.18. The van der Waals surface area contributed by atoms with Crippen LogP contribution in [-0.4, -0.2) is 23.1 Å². The zero-order valence-corrected chi connectivity index (χ0v) is 15.9. The largest absolute Gasteiger partial charge is 0.379 e. The molecule has 0 heterocycles. The Kier molecular flexibility index (Phi) is 4.89. The predicted octanol–water partition coefficient (Wildman–Crippen LogP) is 3.24. The van der Waals surface area contributed by atoms with Crippen LogP contribution in [0.4, 0.5) is 0 Å². The Morgan fingerprint density at radius 2 is 1.65 bits per heavy atom. The molecule has 0 spiro atoms. The van der Waals surface area contributed by atoms with E-state index in [4.69, 9.17) is 4.18 Å². The highest BCUT2D eigenvalue weighted by Crippen LogP contribution is 2.30. The lowest BCUT2D eigenvalue weighted by atomic mass is 10.1. The highest BCUT2D eigenvalue weighted by Gasteiger charge is 2.23. The third kappa shape index (κ3) is 3.94. The molecule has 0 saturated heterocycles. The Morgan fingerprint density at radius 1 is 1.00 bits per heavy atom. The van der Waals surface area contributed by atoms with Crippen LogP contribution >= 0.6 is 15.9 Å². The van der Waals surface area contributed by atoms with E-state index in [0.717, 1.165) is 17.9 Å². The Hall–Kier alpha value is -1.38. The molecular weight excluding hydrogens is 404 g/mol. The molecule has 0 aromatic heterocycles. The lowest BCUT2D eigenvalue weighted by Gasteiger charge is -2.12. The molecule has 8 heteroatoms. The molecule has 23 heavy (non-hydrogen) atoms. The fourth-order valence-corrected chi connectivity index (χ4v) is 4.53. The lowest BCUT2D eigenvalue weighted by Crippen LogP contribution is -2.12. The normalized spacial score (nSPS) is 12.2. The number of rotatable bonds is 4. The van der Waals surface area contributed by atoms with Gasteiger partial charge in [-0.2, -0.15) is 8.42 Å². The standard InChI is InChI=1S/C15H15BrO5S2/c1-10-5-4-6-14(11(10)2)21-23(19,20)15-9-12(22(3,17)18)7-8-13(15)16/h4-9H,1-3H3. The maximum atomic E-state index is 12.5. The van der Waals surface area contributed by atoms with Crippen LogP contribution in [0.5, 0.6) is 5.75 Å². The van der Waals surface area contributed by atoms with Gasteiger partial charge in [0.2, 0.25) is 0 Å². The number of hydrogen-bond donors (Lipinski definition) is 0. The van der Waals surface area contributed by atoms with Gasteiger partial charge in [-0.1, -0.05) is 12.1 Å². The van der Waals surface area contributed by atoms with Gasteiger partial charge in [0.25, 0.3) is 0 Å². The van der Waals surface area contributed by atoms with E-state index in [9.17, 15) is 16.8 Å².